The molecule has 2 heterocycles. The number of imidazole rings is 1. The van der Waals surface area contributed by atoms with Gasteiger partial charge in [0, 0.05) is 19.0 Å². The second-order valence-electron chi connectivity index (χ2n) is 2.71. The van der Waals surface area contributed by atoms with Crippen molar-refractivity contribution in [3.63, 3.8) is 0 Å². The SMILES string of the molecule is Nc1nccn1[C@H]1CCOC1. The third kappa shape index (κ3) is 1.09. The first-order valence-corrected chi connectivity index (χ1v) is 3.74. The molecule has 1 aromatic heterocycles. The Morgan fingerprint density at radius 2 is 2.64 bits per heavy atom. The van der Waals surface area contributed by atoms with E-state index in [0.29, 0.717) is 12.0 Å². The zero-order valence-corrected chi connectivity index (χ0v) is 6.23. The van der Waals surface area contributed by atoms with E-state index in [2.05, 4.69) is 4.98 Å². The van der Waals surface area contributed by atoms with Gasteiger partial charge in [0.2, 0.25) is 0 Å². The minimum absolute atomic E-state index is 0.400. The van der Waals surface area contributed by atoms with E-state index in [1.807, 2.05) is 10.8 Å². The first-order valence-electron chi connectivity index (χ1n) is 3.74. The fourth-order valence-corrected chi connectivity index (χ4v) is 1.37. The molecule has 0 aromatic carbocycles. The highest BCUT2D eigenvalue weighted by atomic mass is 16.5. The molecule has 2 rings (SSSR count). The average Bonchev–Trinajstić information content (AvgIpc) is 2.55. The Kier molecular flexibility index (Phi) is 1.54. The van der Waals surface area contributed by atoms with Crippen LogP contribution >= 0.6 is 0 Å². The number of anilines is 1. The van der Waals surface area contributed by atoms with Crippen molar-refractivity contribution in [1.82, 2.24) is 9.55 Å². The predicted octanol–water partition coefficient (Wildman–Crippen LogP) is 0.427. The van der Waals surface area contributed by atoms with E-state index in [4.69, 9.17) is 10.5 Å². The molecule has 0 amide bonds. The van der Waals surface area contributed by atoms with Gasteiger partial charge in [-0.25, -0.2) is 4.98 Å². The predicted molar refractivity (Wildman–Crippen MR) is 41.1 cm³/mol. The fourth-order valence-electron chi connectivity index (χ4n) is 1.37. The van der Waals surface area contributed by atoms with E-state index in [-0.39, 0.29) is 0 Å². The molecule has 0 unspecified atom stereocenters. The first-order chi connectivity index (χ1) is 5.38. The lowest BCUT2D eigenvalue weighted by Crippen LogP contribution is -2.10. The molecule has 1 aliphatic heterocycles. The van der Waals surface area contributed by atoms with Crippen molar-refractivity contribution in [2.45, 2.75) is 12.5 Å². The van der Waals surface area contributed by atoms with Crippen molar-refractivity contribution in [3.8, 4) is 0 Å². The van der Waals surface area contributed by atoms with Crippen LogP contribution in [0.1, 0.15) is 12.5 Å². The van der Waals surface area contributed by atoms with E-state index in [1.165, 1.54) is 0 Å². The quantitative estimate of drug-likeness (QED) is 0.636. The van der Waals surface area contributed by atoms with Crippen LogP contribution in [-0.4, -0.2) is 22.8 Å². The lowest BCUT2D eigenvalue weighted by molar-refractivity contribution is 0.187. The van der Waals surface area contributed by atoms with Crippen LogP contribution in [0.15, 0.2) is 12.4 Å². The summed E-state index contributed by atoms with van der Waals surface area (Å²) in [6.07, 6.45) is 4.66. The largest absolute Gasteiger partial charge is 0.379 e. The summed E-state index contributed by atoms with van der Waals surface area (Å²) in [6, 6.07) is 0.400. The van der Waals surface area contributed by atoms with Crippen LogP contribution in [0.25, 0.3) is 0 Å². The highest BCUT2D eigenvalue weighted by Crippen LogP contribution is 2.20. The monoisotopic (exact) mass is 153 g/mol. The van der Waals surface area contributed by atoms with Crippen LogP contribution < -0.4 is 5.73 Å². The maximum Gasteiger partial charge on any atom is 0.200 e. The molecule has 0 radical (unpaired) electrons. The minimum atomic E-state index is 0.400. The summed E-state index contributed by atoms with van der Waals surface area (Å²) in [4.78, 5) is 3.95. The van der Waals surface area contributed by atoms with Gasteiger partial charge in [-0.15, -0.1) is 0 Å². The second-order valence-corrected chi connectivity index (χ2v) is 2.71. The maximum absolute atomic E-state index is 5.62. The summed E-state index contributed by atoms with van der Waals surface area (Å²) in [7, 11) is 0. The topological polar surface area (TPSA) is 53.1 Å². The summed E-state index contributed by atoms with van der Waals surface area (Å²) < 4.78 is 7.20. The summed E-state index contributed by atoms with van der Waals surface area (Å²) in [6.45, 7) is 1.60. The molecular weight excluding hydrogens is 142 g/mol. The van der Waals surface area contributed by atoms with Gasteiger partial charge in [-0.3, -0.25) is 0 Å². The molecule has 4 nitrogen and oxygen atoms in total. The third-order valence-electron chi connectivity index (χ3n) is 2.00. The third-order valence-corrected chi connectivity index (χ3v) is 2.00. The minimum Gasteiger partial charge on any atom is -0.379 e. The molecule has 0 spiro atoms. The number of nitrogens with two attached hydrogens (primary N) is 1. The van der Waals surface area contributed by atoms with Gasteiger partial charge < -0.3 is 15.0 Å². The van der Waals surface area contributed by atoms with E-state index in [1.54, 1.807) is 6.20 Å². The molecule has 1 fully saturated rings. The van der Waals surface area contributed by atoms with Gasteiger partial charge in [-0.2, -0.15) is 0 Å². The van der Waals surface area contributed by atoms with Crippen LogP contribution in [0.2, 0.25) is 0 Å². The Morgan fingerprint density at radius 3 is 3.18 bits per heavy atom. The van der Waals surface area contributed by atoms with Crippen molar-refractivity contribution < 1.29 is 4.74 Å². The molecular formula is C7H11N3O. The van der Waals surface area contributed by atoms with E-state index >= 15 is 0 Å². The fraction of sp³-hybridized carbons (Fsp3) is 0.571. The second kappa shape index (κ2) is 2.54. The van der Waals surface area contributed by atoms with Crippen molar-refractivity contribution in [2.24, 2.45) is 0 Å². The highest BCUT2D eigenvalue weighted by Gasteiger charge is 2.18. The van der Waals surface area contributed by atoms with E-state index < -0.39 is 0 Å². The molecule has 2 N–H and O–H groups in total. The number of hydrogen-bond donors (Lipinski definition) is 1. The number of hydrogen-bond acceptors (Lipinski definition) is 3. The number of rotatable bonds is 1. The van der Waals surface area contributed by atoms with Crippen molar-refractivity contribution in [1.29, 1.82) is 0 Å². The molecule has 1 aliphatic rings. The normalized spacial score (nSPS) is 24.2. The molecule has 0 saturated carbocycles. The van der Waals surface area contributed by atoms with Gasteiger partial charge in [0.1, 0.15) is 0 Å². The van der Waals surface area contributed by atoms with Crippen LogP contribution in [0.5, 0.6) is 0 Å². The number of ether oxygens (including phenoxy) is 1. The van der Waals surface area contributed by atoms with Crippen molar-refractivity contribution in [3.05, 3.63) is 12.4 Å². The van der Waals surface area contributed by atoms with Crippen LogP contribution in [0.4, 0.5) is 5.95 Å². The Hall–Kier alpha value is -1.03. The number of nitrogen functional groups attached to an aromatic ring is 1. The van der Waals surface area contributed by atoms with Crippen LogP contribution in [0, 0.1) is 0 Å². The van der Waals surface area contributed by atoms with Gasteiger partial charge in [0.25, 0.3) is 0 Å². The summed E-state index contributed by atoms with van der Waals surface area (Å²) in [5.41, 5.74) is 5.62. The molecule has 11 heavy (non-hydrogen) atoms. The standard InChI is InChI=1S/C7H11N3O/c8-7-9-2-3-10(7)6-1-4-11-5-6/h2-3,6H,1,4-5H2,(H2,8,9)/t6-/m0/s1. The molecule has 1 saturated heterocycles. The van der Waals surface area contributed by atoms with Crippen LogP contribution in [0.3, 0.4) is 0 Å². The van der Waals surface area contributed by atoms with Gasteiger partial charge in [-0.1, -0.05) is 0 Å². The van der Waals surface area contributed by atoms with Gasteiger partial charge in [0.15, 0.2) is 5.95 Å². The average molecular weight is 153 g/mol. The lowest BCUT2D eigenvalue weighted by Gasteiger charge is -2.09. The first kappa shape index (κ1) is 6.67. The number of aromatic nitrogens is 2. The molecule has 4 heteroatoms. The molecule has 1 atom stereocenters. The zero-order valence-electron chi connectivity index (χ0n) is 6.23. The Labute approximate surface area is 65.0 Å². The summed E-state index contributed by atoms with van der Waals surface area (Å²) >= 11 is 0. The Bertz CT molecular complexity index is 240. The Balaban J connectivity index is 2.21. The number of nitrogens with zero attached hydrogens (tertiary/aromatic N) is 2. The van der Waals surface area contributed by atoms with E-state index in [9.17, 15) is 0 Å². The van der Waals surface area contributed by atoms with Crippen molar-refractivity contribution in [2.75, 3.05) is 18.9 Å². The van der Waals surface area contributed by atoms with Gasteiger partial charge >= 0.3 is 0 Å². The van der Waals surface area contributed by atoms with E-state index in [0.717, 1.165) is 19.6 Å². The molecule has 1 aromatic rings. The summed E-state index contributed by atoms with van der Waals surface area (Å²) in [5, 5.41) is 0. The van der Waals surface area contributed by atoms with Crippen LogP contribution in [-0.2, 0) is 4.74 Å². The molecule has 0 bridgehead atoms. The van der Waals surface area contributed by atoms with Gasteiger partial charge in [0.05, 0.1) is 12.6 Å². The Morgan fingerprint density at radius 1 is 1.73 bits per heavy atom. The van der Waals surface area contributed by atoms with Crippen molar-refractivity contribution >= 4 is 5.95 Å². The maximum atomic E-state index is 5.62. The van der Waals surface area contributed by atoms with Gasteiger partial charge in [-0.05, 0) is 6.42 Å². The smallest absolute Gasteiger partial charge is 0.200 e. The summed E-state index contributed by atoms with van der Waals surface area (Å²) in [5.74, 6) is 0.584. The highest BCUT2D eigenvalue weighted by molar-refractivity contribution is 5.18. The lowest BCUT2D eigenvalue weighted by atomic mass is 10.2. The molecule has 60 valence electrons. The molecule has 0 aliphatic carbocycles. The zero-order chi connectivity index (χ0) is 7.68.